The summed E-state index contributed by atoms with van der Waals surface area (Å²) < 4.78 is 53.2. The summed E-state index contributed by atoms with van der Waals surface area (Å²) in [5, 5.41) is 19.5. The van der Waals surface area contributed by atoms with Crippen molar-refractivity contribution in [3.05, 3.63) is 30.0 Å². The number of nitrogens with one attached hydrogen (secondary N) is 2. The highest BCUT2D eigenvalue weighted by Crippen LogP contribution is 2.40. The van der Waals surface area contributed by atoms with E-state index in [2.05, 4.69) is 25.5 Å². The van der Waals surface area contributed by atoms with Crippen LogP contribution in [0.1, 0.15) is 12.5 Å². The second-order valence-corrected chi connectivity index (χ2v) is 9.99. The van der Waals surface area contributed by atoms with Gasteiger partial charge in [0.1, 0.15) is 23.9 Å². The van der Waals surface area contributed by atoms with Crippen LogP contribution in [0.3, 0.4) is 0 Å². The van der Waals surface area contributed by atoms with E-state index in [4.69, 9.17) is 5.11 Å². The van der Waals surface area contributed by atoms with Gasteiger partial charge >= 0.3 is 6.18 Å². The summed E-state index contributed by atoms with van der Waals surface area (Å²) in [5.41, 5.74) is -1.01. The molecule has 0 saturated carbocycles. The van der Waals surface area contributed by atoms with Crippen LogP contribution >= 0.6 is 7.14 Å². The van der Waals surface area contributed by atoms with Gasteiger partial charge in [-0.3, -0.25) is 5.10 Å². The number of aliphatic hydroxyl groups excluding tert-OH is 1. The topological polar surface area (TPSA) is 104 Å². The molecule has 0 aliphatic carbocycles. The second-order valence-electron chi connectivity index (χ2n) is 6.80. The summed E-state index contributed by atoms with van der Waals surface area (Å²) in [6.07, 6.45) is -3.99. The Morgan fingerprint density at radius 3 is 2.64 bits per heavy atom. The van der Waals surface area contributed by atoms with Gasteiger partial charge in [-0.2, -0.15) is 18.3 Å². The van der Waals surface area contributed by atoms with E-state index >= 15 is 0 Å². The molecular formula is C17H19F3N5O2P. The lowest BCUT2D eigenvalue weighted by Gasteiger charge is -2.15. The van der Waals surface area contributed by atoms with Crippen molar-refractivity contribution in [1.29, 1.82) is 0 Å². The summed E-state index contributed by atoms with van der Waals surface area (Å²) in [6, 6.07) is 4.42. The van der Waals surface area contributed by atoms with Gasteiger partial charge in [0.15, 0.2) is 0 Å². The Morgan fingerprint density at radius 2 is 2.04 bits per heavy atom. The molecule has 0 amide bonds. The zero-order valence-electron chi connectivity index (χ0n) is 15.4. The van der Waals surface area contributed by atoms with E-state index in [1.807, 2.05) is 0 Å². The van der Waals surface area contributed by atoms with Crippen molar-refractivity contribution in [3.8, 4) is 11.4 Å². The SMILES string of the molecule is C[C@@H](CO)Nc1ncc(C(F)(F)F)c(-c2[nH]nc3c(P(C)(C)=O)cccc23)n1. The summed E-state index contributed by atoms with van der Waals surface area (Å²) >= 11 is 0. The minimum Gasteiger partial charge on any atom is -0.394 e. The van der Waals surface area contributed by atoms with Crippen molar-refractivity contribution in [3.63, 3.8) is 0 Å². The Morgan fingerprint density at radius 1 is 1.32 bits per heavy atom. The number of H-pyrrole nitrogens is 1. The predicted molar refractivity (Wildman–Crippen MR) is 101 cm³/mol. The molecule has 0 unspecified atom stereocenters. The summed E-state index contributed by atoms with van der Waals surface area (Å²) in [6.45, 7) is 4.54. The van der Waals surface area contributed by atoms with E-state index in [-0.39, 0.29) is 23.9 Å². The number of fused-ring (bicyclic) bond motifs is 1. The van der Waals surface area contributed by atoms with Crippen LogP contribution in [-0.4, -0.2) is 51.3 Å². The van der Waals surface area contributed by atoms with Crippen LogP contribution in [0.15, 0.2) is 24.4 Å². The van der Waals surface area contributed by atoms with Crippen LogP contribution in [0.5, 0.6) is 0 Å². The quantitative estimate of drug-likeness (QED) is 0.556. The summed E-state index contributed by atoms with van der Waals surface area (Å²) in [5.74, 6) is -0.0555. The molecule has 28 heavy (non-hydrogen) atoms. The Bertz CT molecular complexity index is 1060. The fraction of sp³-hybridized carbons (Fsp3) is 0.353. The van der Waals surface area contributed by atoms with Crippen molar-refractivity contribution in [1.82, 2.24) is 20.2 Å². The van der Waals surface area contributed by atoms with Crippen molar-refractivity contribution >= 4 is 29.3 Å². The molecule has 7 nitrogen and oxygen atoms in total. The molecule has 0 aliphatic heterocycles. The molecule has 11 heteroatoms. The minimum absolute atomic E-state index is 0.0553. The third-order valence-electron chi connectivity index (χ3n) is 4.12. The normalized spacial score (nSPS) is 13.7. The molecule has 3 N–H and O–H groups in total. The first kappa shape index (κ1) is 20.3. The van der Waals surface area contributed by atoms with E-state index < -0.39 is 24.9 Å². The second kappa shape index (κ2) is 7.18. The van der Waals surface area contributed by atoms with Crippen LogP contribution in [0, 0.1) is 0 Å². The Balaban J connectivity index is 2.24. The number of alkyl halides is 3. The molecule has 0 fully saturated rings. The van der Waals surface area contributed by atoms with Crippen LogP contribution in [0.25, 0.3) is 22.3 Å². The molecular weight excluding hydrogens is 394 g/mol. The van der Waals surface area contributed by atoms with Gasteiger partial charge in [0, 0.05) is 22.9 Å². The van der Waals surface area contributed by atoms with Gasteiger partial charge in [-0.15, -0.1) is 0 Å². The lowest BCUT2D eigenvalue weighted by atomic mass is 10.1. The number of aromatic amines is 1. The molecule has 0 bridgehead atoms. The number of aliphatic hydroxyl groups is 1. The third-order valence-corrected chi connectivity index (χ3v) is 5.65. The smallest absolute Gasteiger partial charge is 0.394 e. The third kappa shape index (κ3) is 3.88. The largest absolute Gasteiger partial charge is 0.420 e. The van der Waals surface area contributed by atoms with Gasteiger partial charge in [-0.05, 0) is 26.3 Å². The van der Waals surface area contributed by atoms with Crippen molar-refractivity contribution in [2.75, 3.05) is 25.3 Å². The van der Waals surface area contributed by atoms with E-state index in [0.717, 1.165) is 0 Å². The minimum atomic E-state index is -4.68. The van der Waals surface area contributed by atoms with Crippen molar-refractivity contribution in [2.24, 2.45) is 0 Å². The highest BCUT2D eigenvalue weighted by atomic mass is 31.2. The zero-order valence-corrected chi connectivity index (χ0v) is 16.3. The number of nitrogens with zero attached hydrogens (tertiary/aromatic N) is 3. The number of para-hydroxylation sites is 1. The number of rotatable bonds is 5. The van der Waals surface area contributed by atoms with Gasteiger partial charge in [-0.1, -0.05) is 12.1 Å². The van der Waals surface area contributed by atoms with Gasteiger partial charge < -0.3 is 15.0 Å². The molecule has 1 aromatic carbocycles. The fourth-order valence-corrected chi connectivity index (χ4v) is 3.88. The van der Waals surface area contributed by atoms with Crippen LogP contribution in [0.2, 0.25) is 0 Å². The summed E-state index contributed by atoms with van der Waals surface area (Å²) in [4.78, 5) is 7.73. The number of hydrogen-bond donors (Lipinski definition) is 3. The standard InChI is InChI=1S/C17H19F3N5O2P/c1-9(8-26)22-16-21-7-11(17(18,19)20)15(23-16)14-10-5-4-6-12(28(2,3)27)13(10)24-25-14/h4-7,9,26H,8H2,1-3H3,(H,24,25)(H,21,22,23)/t9-/m0/s1. The highest BCUT2D eigenvalue weighted by molar-refractivity contribution is 7.70. The number of anilines is 1. The molecule has 0 aliphatic rings. The van der Waals surface area contributed by atoms with E-state index in [0.29, 0.717) is 22.4 Å². The molecule has 2 heterocycles. The molecule has 0 saturated heterocycles. The number of halogens is 3. The molecule has 0 spiro atoms. The maximum Gasteiger partial charge on any atom is 0.420 e. The monoisotopic (exact) mass is 413 g/mol. The lowest BCUT2D eigenvalue weighted by molar-refractivity contribution is -0.137. The zero-order chi connectivity index (χ0) is 20.7. The van der Waals surface area contributed by atoms with Gasteiger partial charge in [0.25, 0.3) is 0 Å². The first-order valence-electron chi connectivity index (χ1n) is 8.37. The predicted octanol–water partition coefficient (Wildman–Crippen LogP) is 3.08. The molecule has 3 rings (SSSR count). The molecule has 150 valence electrons. The average Bonchev–Trinajstić information content (AvgIpc) is 3.03. The van der Waals surface area contributed by atoms with Gasteiger partial charge in [0.05, 0.1) is 12.3 Å². The number of benzene rings is 1. The number of hydrogen-bond acceptors (Lipinski definition) is 6. The van der Waals surface area contributed by atoms with Crippen LogP contribution in [0.4, 0.5) is 19.1 Å². The Hall–Kier alpha value is -2.45. The highest BCUT2D eigenvalue weighted by Gasteiger charge is 2.36. The fourth-order valence-electron chi connectivity index (χ4n) is 2.75. The van der Waals surface area contributed by atoms with Crippen molar-refractivity contribution in [2.45, 2.75) is 19.1 Å². The van der Waals surface area contributed by atoms with E-state index in [1.165, 1.54) is 0 Å². The van der Waals surface area contributed by atoms with E-state index in [1.54, 1.807) is 38.5 Å². The van der Waals surface area contributed by atoms with E-state index in [9.17, 15) is 17.7 Å². The van der Waals surface area contributed by atoms with Crippen LogP contribution < -0.4 is 10.6 Å². The first-order valence-corrected chi connectivity index (χ1v) is 11.0. The number of aromatic nitrogens is 4. The Kier molecular flexibility index (Phi) is 5.20. The molecule has 0 radical (unpaired) electrons. The lowest BCUT2D eigenvalue weighted by Crippen LogP contribution is -2.21. The van der Waals surface area contributed by atoms with Crippen LogP contribution in [-0.2, 0) is 10.7 Å². The molecule has 2 aromatic heterocycles. The average molecular weight is 413 g/mol. The van der Waals surface area contributed by atoms with Gasteiger partial charge in [-0.25, -0.2) is 9.97 Å². The molecule has 1 atom stereocenters. The Labute approximate surface area is 158 Å². The summed E-state index contributed by atoms with van der Waals surface area (Å²) in [7, 11) is -2.70. The van der Waals surface area contributed by atoms with Crippen molar-refractivity contribution < 1.29 is 22.8 Å². The first-order chi connectivity index (χ1) is 13.0. The molecule has 3 aromatic rings. The maximum atomic E-state index is 13.6. The maximum absolute atomic E-state index is 13.6. The van der Waals surface area contributed by atoms with Gasteiger partial charge in [0.2, 0.25) is 5.95 Å².